The summed E-state index contributed by atoms with van der Waals surface area (Å²) in [5, 5.41) is 3.14. The van der Waals surface area contributed by atoms with Crippen molar-refractivity contribution in [2.45, 2.75) is 30.2 Å². The number of amides is 1. The molecule has 2 aromatic carbocycles. The molecule has 1 amide bonds. The van der Waals surface area contributed by atoms with Gasteiger partial charge in [0.1, 0.15) is 17.2 Å². The van der Waals surface area contributed by atoms with Gasteiger partial charge in [0, 0.05) is 11.3 Å². The molecule has 3 nitrogen and oxygen atoms in total. The van der Waals surface area contributed by atoms with Crippen molar-refractivity contribution >= 4 is 5.91 Å². The van der Waals surface area contributed by atoms with Crippen molar-refractivity contribution < 1.29 is 18.3 Å². The van der Waals surface area contributed by atoms with Crippen LogP contribution in [0.3, 0.4) is 0 Å². The number of hydrogen-bond acceptors (Lipinski definition) is 2. The van der Waals surface area contributed by atoms with Crippen LogP contribution in [0.2, 0.25) is 0 Å². The predicted molar refractivity (Wildman–Crippen MR) is 91.5 cm³/mol. The van der Waals surface area contributed by atoms with Gasteiger partial charge in [-0.1, -0.05) is 18.2 Å². The fourth-order valence-electron chi connectivity index (χ4n) is 4.65. The van der Waals surface area contributed by atoms with Crippen LogP contribution in [0.1, 0.15) is 29.5 Å². The lowest BCUT2D eigenvalue weighted by molar-refractivity contribution is -0.135. The smallest absolute Gasteiger partial charge is 0.224 e. The largest absolute Gasteiger partial charge is 0.376 e. The van der Waals surface area contributed by atoms with Gasteiger partial charge in [0.2, 0.25) is 5.91 Å². The first kappa shape index (κ1) is 15.9. The zero-order valence-electron chi connectivity index (χ0n) is 14.2. The number of aryl methyl sites for hydroxylation is 1. The Kier molecular flexibility index (Phi) is 3.29. The Balaban J connectivity index is 1.38. The maximum absolute atomic E-state index is 13.7. The molecule has 2 fully saturated rings. The fourth-order valence-corrected chi connectivity index (χ4v) is 4.65. The molecular weight excluding hydrogens is 336 g/mol. The van der Waals surface area contributed by atoms with E-state index in [4.69, 9.17) is 4.74 Å². The zero-order chi connectivity index (χ0) is 17.9. The maximum Gasteiger partial charge on any atom is 0.224 e. The van der Waals surface area contributed by atoms with Crippen LogP contribution in [0.15, 0.2) is 42.5 Å². The molecule has 1 N–H and O–H groups in total. The van der Waals surface area contributed by atoms with Gasteiger partial charge in [-0.25, -0.2) is 8.78 Å². The average Bonchev–Trinajstić information content (AvgIpc) is 3.23. The molecule has 3 aliphatic rings. The molecule has 0 radical (unpaired) electrons. The van der Waals surface area contributed by atoms with E-state index in [2.05, 4.69) is 5.32 Å². The standard InChI is InChI=1S/C21H19F2NO2/c22-15-5-2-14(3-6-15)21(11-26-12-21)24-19(25)18-10-20(18)8-7-13-1-4-16(23)9-17(13)20/h1-6,9,18H,7-8,10-12H2,(H,24,25). The quantitative estimate of drug-likeness (QED) is 0.918. The molecule has 1 aliphatic heterocycles. The van der Waals surface area contributed by atoms with E-state index >= 15 is 0 Å². The summed E-state index contributed by atoms with van der Waals surface area (Å²) in [4.78, 5) is 13.0. The van der Waals surface area contributed by atoms with Crippen molar-refractivity contribution in [3.63, 3.8) is 0 Å². The first-order valence-corrected chi connectivity index (χ1v) is 8.97. The van der Waals surface area contributed by atoms with E-state index < -0.39 is 5.54 Å². The third-order valence-electron chi connectivity index (χ3n) is 6.30. The molecule has 2 unspecified atom stereocenters. The van der Waals surface area contributed by atoms with Crippen molar-refractivity contribution in [2.24, 2.45) is 5.92 Å². The van der Waals surface area contributed by atoms with Gasteiger partial charge >= 0.3 is 0 Å². The number of ether oxygens (including phenoxy) is 1. The number of rotatable bonds is 3. The summed E-state index contributed by atoms with van der Waals surface area (Å²) in [7, 11) is 0. The summed E-state index contributed by atoms with van der Waals surface area (Å²) in [6.45, 7) is 0.768. The number of halogens is 2. The molecule has 2 aromatic rings. The predicted octanol–water partition coefficient (Wildman–Crippen LogP) is 3.21. The Morgan fingerprint density at radius 2 is 1.81 bits per heavy atom. The average molecular weight is 355 g/mol. The first-order chi connectivity index (χ1) is 12.5. The summed E-state index contributed by atoms with van der Waals surface area (Å²) in [6, 6.07) is 11.1. The number of hydrogen-bond donors (Lipinski definition) is 1. The van der Waals surface area contributed by atoms with Crippen LogP contribution in [0.4, 0.5) is 8.78 Å². The molecule has 1 heterocycles. The normalized spacial score (nSPS) is 27.7. The highest BCUT2D eigenvalue weighted by molar-refractivity contribution is 5.86. The minimum absolute atomic E-state index is 0.0188. The number of benzene rings is 2. The lowest BCUT2D eigenvalue weighted by Gasteiger charge is -2.42. The minimum atomic E-state index is -0.585. The highest BCUT2D eigenvalue weighted by Crippen LogP contribution is 2.61. The molecule has 1 saturated carbocycles. The third kappa shape index (κ3) is 2.23. The molecule has 5 rings (SSSR count). The topological polar surface area (TPSA) is 38.3 Å². The highest BCUT2D eigenvalue weighted by Gasteiger charge is 2.62. The molecule has 0 bridgehead atoms. The van der Waals surface area contributed by atoms with E-state index in [0.29, 0.717) is 13.2 Å². The van der Waals surface area contributed by atoms with Gasteiger partial charge in [-0.3, -0.25) is 4.79 Å². The summed E-state index contributed by atoms with van der Waals surface area (Å²) in [6.07, 6.45) is 2.55. The number of carbonyl (C=O) groups is 1. The second-order valence-corrected chi connectivity index (χ2v) is 7.79. The summed E-state index contributed by atoms with van der Waals surface area (Å²) < 4.78 is 32.3. The van der Waals surface area contributed by atoms with Crippen LogP contribution in [0.25, 0.3) is 0 Å². The van der Waals surface area contributed by atoms with Gasteiger partial charge in [0.25, 0.3) is 0 Å². The van der Waals surface area contributed by atoms with E-state index in [1.165, 1.54) is 18.2 Å². The van der Waals surface area contributed by atoms with Crippen LogP contribution >= 0.6 is 0 Å². The first-order valence-electron chi connectivity index (χ1n) is 8.97. The van der Waals surface area contributed by atoms with E-state index in [-0.39, 0.29) is 28.9 Å². The Labute approximate surface area is 150 Å². The van der Waals surface area contributed by atoms with Gasteiger partial charge < -0.3 is 10.1 Å². The summed E-state index contributed by atoms with van der Waals surface area (Å²) in [5.74, 6) is -0.703. The Morgan fingerprint density at radius 1 is 1.08 bits per heavy atom. The van der Waals surface area contributed by atoms with Crippen molar-refractivity contribution in [3.8, 4) is 0 Å². The van der Waals surface area contributed by atoms with E-state index in [1.54, 1.807) is 18.2 Å². The van der Waals surface area contributed by atoms with Crippen molar-refractivity contribution in [1.29, 1.82) is 0 Å². The number of nitrogens with one attached hydrogen (secondary N) is 1. The summed E-state index contributed by atoms with van der Waals surface area (Å²) >= 11 is 0. The highest BCUT2D eigenvalue weighted by atomic mass is 19.1. The molecule has 2 aliphatic carbocycles. The van der Waals surface area contributed by atoms with Gasteiger partial charge in [0.05, 0.1) is 13.2 Å². The van der Waals surface area contributed by atoms with Crippen LogP contribution < -0.4 is 5.32 Å². The van der Waals surface area contributed by atoms with Crippen LogP contribution in [-0.4, -0.2) is 19.1 Å². The monoisotopic (exact) mass is 355 g/mol. The van der Waals surface area contributed by atoms with Crippen LogP contribution in [0.5, 0.6) is 0 Å². The van der Waals surface area contributed by atoms with Crippen LogP contribution in [-0.2, 0) is 26.9 Å². The fraction of sp³-hybridized carbons (Fsp3) is 0.381. The molecule has 1 spiro atoms. The maximum atomic E-state index is 13.7. The lowest BCUT2D eigenvalue weighted by Crippen LogP contribution is -2.60. The number of carbonyl (C=O) groups excluding carboxylic acids is 1. The molecular formula is C21H19F2NO2. The van der Waals surface area contributed by atoms with Crippen molar-refractivity contribution in [3.05, 3.63) is 70.8 Å². The molecule has 0 aromatic heterocycles. The van der Waals surface area contributed by atoms with Crippen molar-refractivity contribution in [1.82, 2.24) is 5.32 Å². The Morgan fingerprint density at radius 3 is 2.50 bits per heavy atom. The van der Waals surface area contributed by atoms with Gasteiger partial charge in [0.15, 0.2) is 0 Å². The molecule has 5 heteroatoms. The van der Waals surface area contributed by atoms with Gasteiger partial charge in [-0.2, -0.15) is 0 Å². The second-order valence-electron chi connectivity index (χ2n) is 7.79. The van der Waals surface area contributed by atoms with Crippen molar-refractivity contribution in [2.75, 3.05) is 13.2 Å². The Hall–Kier alpha value is -2.27. The van der Waals surface area contributed by atoms with Crippen LogP contribution in [0, 0.1) is 17.6 Å². The number of fused-ring (bicyclic) bond motifs is 2. The molecule has 134 valence electrons. The van der Waals surface area contributed by atoms with E-state index in [9.17, 15) is 13.6 Å². The summed E-state index contributed by atoms with van der Waals surface area (Å²) in [5.41, 5.74) is 2.21. The minimum Gasteiger partial charge on any atom is -0.376 e. The third-order valence-corrected chi connectivity index (χ3v) is 6.30. The van der Waals surface area contributed by atoms with E-state index in [1.807, 2.05) is 6.07 Å². The lowest BCUT2D eigenvalue weighted by atomic mass is 9.87. The Bertz CT molecular complexity index is 891. The SMILES string of the molecule is O=C(NC1(c2ccc(F)cc2)COC1)C1CC12CCc1ccc(F)cc12. The van der Waals surface area contributed by atoms with E-state index in [0.717, 1.165) is 36.0 Å². The molecule has 1 saturated heterocycles. The zero-order valence-corrected chi connectivity index (χ0v) is 14.2. The second kappa shape index (κ2) is 5.36. The molecule has 26 heavy (non-hydrogen) atoms. The van der Waals surface area contributed by atoms with Gasteiger partial charge in [-0.15, -0.1) is 0 Å². The molecule has 2 atom stereocenters. The van der Waals surface area contributed by atoms with Gasteiger partial charge in [-0.05, 0) is 60.2 Å².